The molecule has 37 heavy (non-hydrogen) atoms. The lowest BCUT2D eigenvalue weighted by molar-refractivity contribution is -0.127. The van der Waals surface area contributed by atoms with Crippen molar-refractivity contribution in [3.05, 3.63) is 71.4 Å². The molecule has 200 valence electrons. The molecule has 3 N–H and O–H groups in total. The third kappa shape index (κ3) is 7.63. The summed E-state index contributed by atoms with van der Waals surface area (Å²) >= 11 is 0. The van der Waals surface area contributed by atoms with Gasteiger partial charge in [-0.05, 0) is 49.6 Å². The van der Waals surface area contributed by atoms with E-state index in [1.165, 1.54) is 11.0 Å². The molecule has 9 heteroatoms. The molecule has 1 aliphatic rings. The van der Waals surface area contributed by atoms with E-state index in [1.807, 2.05) is 71.0 Å². The van der Waals surface area contributed by atoms with E-state index in [2.05, 4.69) is 15.3 Å². The van der Waals surface area contributed by atoms with Crippen LogP contribution in [0.4, 0.5) is 9.18 Å². The van der Waals surface area contributed by atoms with Crippen LogP contribution in [0.25, 0.3) is 11.3 Å². The molecule has 2 aromatic carbocycles. The number of carbonyl (C=O) groups is 2. The number of imide groups is 1. The summed E-state index contributed by atoms with van der Waals surface area (Å²) in [6.07, 6.45) is 0. The Morgan fingerprint density at radius 2 is 1.78 bits per heavy atom. The summed E-state index contributed by atoms with van der Waals surface area (Å²) in [4.78, 5) is 33.0. The minimum Gasteiger partial charge on any atom is -0.491 e. The standard InChI is InChI=1S/C18H21FN4O2.C8H10O2.C2H6/c1-9(2)16(23-14(24)8-20-18(23)25)17-21-11(4)15(22-17)12-6-5-10(3)7-13(12)19;9-6-7-10-8-4-2-1-3-5-8;1-2/h5-7,9,16H,8H2,1-4H3,(H,20,25)(H,21,22);1-5,9H,6-7H2;1-2H3/t16-;;/m0../s1. The predicted molar refractivity (Wildman–Crippen MR) is 142 cm³/mol. The molecule has 0 spiro atoms. The fourth-order valence-electron chi connectivity index (χ4n) is 3.83. The largest absolute Gasteiger partial charge is 0.491 e. The number of aliphatic hydroxyl groups is 1. The van der Waals surface area contributed by atoms with Gasteiger partial charge in [0.05, 0.1) is 18.8 Å². The molecule has 2 heterocycles. The number of rotatable bonds is 7. The average Bonchev–Trinajstić information content (AvgIpc) is 3.42. The lowest BCUT2D eigenvalue weighted by Crippen LogP contribution is -2.38. The summed E-state index contributed by atoms with van der Waals surface area (Å²) in [5, 5.41) is 10.9. The molecule has 0 unspecified atom stereocenters. The zero-order valence-electron chi connectivity index (χ0n) is 22.3. The molecule has 0 aliphatic carbocycles. The molecule has 0 radical (unpaired) electrons. The Labute approximate surface area is 217 Å². The number of H-pyrrole nitrogens is 1. The molecule has 3 amide bonds. The number of urea groups is 1. The number of nitrogens with one attached hydrogen (secondary N) is 2. The normalized spacial score (nSPS) is 13.4. The molecule has 1 atom stereocenters. The highest BCUT2D eigenvalue weighted by atomic mass is 19.1. The van der Waals surface area contributed by atoms with Crippen molar-refractivity contribution in [2.75, 3.05) is 19.8 Å². The summed E-state index contributed by atoms with van der Waals surface area (Å²) in [5.74, 6) is 0.594. The molecule has 4 rings (SSSR count). The number of aromatic amines is 1. The summed E-state index contributed by atoms with van der Waals surface area (Å²) < 4.78 is 19.4. The van der Waals surface area contributed by atoms with Gasteiger partial charge in [-0.15, -0.1) is 0 Å². The number of hydrogen-bond donors (Lipinski definition) is 3. The van der Waals surface area contributed by atoms with Crippen LogP contribution < -0.4 is 10.1 Å². The average molecular weight is 513 g/mol. The number of carbonyl (C=O) groups excluding carboxylic acids is 2. The smallest absolute Gasteiger partial charge is 0.325 e. The summed E-state index contributed by atoms with van der Waals surface area (Å²) in [7, 11) is 0. The summed E-state index contributed by atoms with van der Waals surface area (Å²) in [5.41, 5.74) is 2.40. The maximum absolute atomic E-state index is 14.3. The van der Waals surface area contributed by atoms with Crippen LogP contribution in [0.1, 0.15) is 50.8 Å². The zero-order valence-corrected chi connectivity index (χ0v) is 22.3. The second-order valence-corrected chi connectivity index (χ2v) is 8.58. The predicted octanol–water partition coefficient (Wildman–Crippen LogP) is 5.17. The topological polar surface area (TPSA) is 108 Å². The molecular formula is C28H37FN4O4. The molecule has 3 aromatic rings. The van der Waals surface area contributed by atoms with Gasteiger partial charge in [0.25, 0.3) is 5.91 Å². The minimum atomic E-state index is -0.532. The van der Waals surface area contributed by atoms with Gasteiger partial charge in [-0.1, -0.05) is 52.0 Å². The van der Waals surface area contributed by atoms with Crippen molar-refractivity contribution in [1.29, 1.82) is 0 Å². The summed E-state index contributed by atoms with van der Waals surface area (Å²) in [6, 6.07) is 13.4. The van der Waals surface area contributed by atoms with Gasteiger partial charge in [0.15, 0.2) is 0 Å². The van der Waals surface area contributed by atoms with E-state index in [4.69, 9.17) is 9.84 Å². The number of halogens is 1. The monoisotopic (exact) mass is 512 g/mol. The summed E-state index contributed by atoms with van der Waals surface area (Å²) in [6.45, 7) is 11.9. The van der Waals surface area contributed by atoms with Crippen molar-refractivity contribution in [2.24, 2.45) is 5.92 Å². The molecular weight excluding hydrogens is 475 g/mol. The van der Waals surface area contributed by atoms with Crippen molar-refractivity contribution < 1.29 is 23.8 Å². The van der Waals surface area contributed by atoms with Gasteiger partial charge in [-0.25, -0.2) is 14.2 Å². The zero-order chi connectivity index (χ0) is 27.5. The van der Waals surface area contributed by atoms with E-state index in [0.29, 0.717) is 29.4 Å². The fourth-order valence-corrected chi connectivity index (χ4v) is 3.83. The van der Waals surface area contributed by atoms with Gasteiger partial charge < -0.3 is 20.1 Å². The SMILES string of the molecule is CC.Cc1ccc(-c2nc([C@H](C(C)C)N3C(=O)CNC3=O)[nH]c2C)c(F)c1.OCCOc1ccccc1. The third-order valence-electron chi connectivity index (χ3n) is 5.45. The number of para-hydroxylation sites is 1. The van der Waals surface area contributed by atoms with E-state index < -0.39 is 12.1 Å². The first-order valence-electron chi connectivity index (χ1n) is 12.4. The Balaban J connectivity index is 0.000000336. The number of nitrogens with zero attached hydrogens (tertiary/aromatic N) is 2. The first-order chi connectivity index (χ1) is 17.7. The number of imidazole rings is 1. The molecule has 0 bridgehead atoms. The molecule has 8 nitrogen and oxygen atoms in total. The highest BCUT2D eigenvalue weighted by Crippen LogP contribution is 2.32. The number of aliphatic hydroxyl groups excluding tert-OH is 1. The first kappa shape index (κ1) is 29.5. The number of aromatic nitrogens is 2. The molecule has 1 aromatic heterocycles. The minimum absolute atomic E-state index is 0.0127. The Morgan fingerprint density at radius 1 is 1.11 bits per heavy atom. The van der Waals surface area contributed by atoms with Gasteiger partial charge in [0.1, 0.15) is 30.0 Å². The van der Waals surface area contributed by atoms with Crippen LogP contribution in [0, 0.1) is 25.6 Å². The Morgan fingerprint density at radius 3 is 2.32 bits per heavy atom. The number of hydrogen-bond acceptors (Lipinski definition) is 5. The van der Waals surface area contributed by atoms with Crippen molar-refractivity contribution in [3.63, 3.8) is 0 Å². The van der Waals surface area contributed by atoms with E-state index in [9.17, 15) is 14.0 Å². The lowest BCUT2D eigenvalue weighted by Gasteiger charge is -2.26. The van der Waals surface area contributed by atoms with E-state index in [1.54, 1.807) is 13.0 Å². The highest BCUT2D eigenvalue weighted by molar-refractivity contribution is 6.02. The van der Waals surface area contributed by atoms with Gasteiger partial charge >= 0.3 is 6.03 Å². The molecule has 1 saturated heterocycles. The molecule has 1 aliphatic heterocycles. The van der Waals surface area contributed by atoms with Crippen LogP contribution in [0.15, 0.2) is 48.5 Å². The van der Waals surface area contributed by atoms with Crippen LogP contribution >= 0.6 is 0 Å². The number of ether oxygens (including phenoxy) is 1. The second kappa shape index (κ2) is 14.1. The third-order valence-corrected chi connectivity index (χ3v) is 5.45. The number of aryl methyl sites for hydroxylation is 2. The maximum Gasteiger partial charge on any atom is 0.325 e. The first-order valence-corrected chi connectivity index (χ1v) is 12.4. The van der Waals surface area contributed by atoms with Gasteiger partial charge in [0.2, 0.25) is 0 Å². The molecule has 0 saturated carbocycles. The Hall–Kier alpha value is -3.72. The molecule has 1 fully saturated rings. The van der Waals surface area contributed by atoms with Crippen molar-refractivity contribution in [2.45, 2.75) is 47.6 Å². The maximum atomic E-state index is 14.3. The van der Waals surface area contributed by atoms with Crippen molar-refractivity contribution in [1.82, 2.24) is 20.2 Å². The number of amides is 3. The Bertz CT molecular complexity index is 1150. The van der Waals surface area contributed by atoms with Gasteiger partial charge in [-0.3, -0.25) is 9.69 Å². The quantitative estimate of drug-likeness (QED) is 0.379. The van der Waals surface area contributed by atoms with E-state index in [-0.39, 0.29) is 30.8 Å². The number of benzene rings is 2. The van der Waals surface area contributed by atoms with Crippen molar-refractivity contribution >= 4 is 11.9 Å². The van der Waals surface area contributed by atoms with Crippen LogP contribution in [-0.2, 0) is 4.79 Å². The van der Waals surface area contributed by atoms with Crippen LogP contribution in [0.5, 0.6) is 5.75 Å². The van der Waals surface area contributed by atoms with Gasteiger partial charge in [-0.2, -0.15) is 0 Å². The Kier molecular flexibility index (Phi) is 11.3. The fraction of sp³-hybridized carbons (Fsp3) is 0.393. The van der Waals surface area contributed by atoms with Crippen LogP contribution in [0.2, 0.25) is 0 Å². The second-order valence-electron chi connectivity index (χ2n) is 8.58. The van der Waals surface area contributed by atoms with Crippen molar-refractivity contribution in [3.8, 4) is 17.0 Å². The van der Waals surface area contributed by atoms with E-state index >= 15 is 0 Å². The van der Waals surface area contributed by atoms with E-state index in [0.717, 1.165) is 11.3 Å². The van der Waals surface area contributed by atoms with Crippen LogP contribution in [0.3, 0.4) is 0 Å². The highest BCUT2D eigenvalue weighted by Gasteiger charge is 2.39. The van der Waals surface area contributed by atoms with Crippen LogP contribution in [-0.4, -0.2) is 51.7 Å². The van der Waals surface area contributed by atoms with Gasteiger partial charge in [0, 0.05) is 11.3 Å². The lowest BCUT2D eigenvalue weighted by atomic mass is 10.0.